The molecule has 0 amide bonds. The topological polar surface area (TPSA) is 71.1 Å². The molecule has 0 N–H and O–H groups in total. The molecule has 26 heavy (non-hydrogen) atoms. The highest BCUT2D eigenvalue weighted by Gasteiger charge is 2.52. The van der Waals surface area contributed by atoms with Crippen molar-refractivity contribution in [2.45, 2.75) is 52.7 Å². The van der Waals surface area contributed by atoms with Crippen molar-refractivity contribution in [2.24, 2.45) is 5.92 Å². The van der Waals surface area contributed by atoms with Crippen LogP contribution >= 0.6 is 0 Å². The highest BCUT2D eigenvalue weighted by Crippen LogP contribution is 2.36. The summed E-state index contributed by atoms with van der Waals surface area (Å²) < 4.78 is 22.2. The lowest BCUT2D eigenvalue weighted by Gasteiger charge is -2.32. The van der Waals surface area contributed by atoms with Gasteiger partial charge >= 0.3 is 19.1 Å². The van der Waals surface area contributed by atoms with Crippen LogP contribution in [0.2, 0.25) is 0 Å². The molecular formula is C19H27BO6. The van der Waals surface area contributed by atoms with Gasteiger partial charge in [-0.3, -0.25) is 0 Å². The van der Waals surface area contributed by atoms with Crippen molar-refractivity contribution in [3.63, 3.8) is 0 Å². The summed E-state index contributed by atoms with van der Waals surface area (Å²) in [5.41, 5.74) is -0.0448. The zero-order valence-electron chi connectivity index (χ0n) is 16.5. The van der Waals surface area contributed by atoms with Crippen LogP contribution in [0.15, 0.2) is 18.2 Å². The molecule has 1 saturated heterocycles. The minimum Gasteiger partial charge on any atom is -0.465 e. The fourth-order valence-electron chi connectivity index (χ4n) is 2.47. The molecule has 7 heteroatoms. The first-order chi connectivity index (χ1) is 12.0. The minimum absolute atomic E-state index is 0.197. The van der Waals surface area contributed by atoms with Crippen molar-refractivity contribution in [1.29, 1.82) is 0 Å². The molecule has 0 aliphatic carbocycles. The molecule has 0 saturated carbocycles. The lowest BCUT2D eigenvalue weighted by atomic mass is 9.75. The third-order valence-corrected chi connectivity index (χ3v) is 4.75. The van der Waals surface area contributed by atoms with E-state index in [9.17, 15) is 9.59 Å². The first kappa shape index (κ1) is 20.5. The lowest BCUT2D eigenvalue weighted by molar-refractivity contribution is 0.00578. The van der Waals surface area contributed by atoms with Crippen LogP contribution in [0.4, 0.5) is 0 Å². The van der Waals surface area contributed by atoms with Crippen LogP contribution in [0, 0.1) is 5.92 Å². The fraction of sp³-hybridized carbons (Fsp3) is 0.579. The SMILES string of the molecule is COC(=O)c1ccc(B2OC(C)(C)C(C)(C)O2)c(C(=O)OCC(C)C)c1. The van der Waals surface area contributed by atoms with Gasteiger partial charge in [-0.15, -0.1) is 0 Å². The smallest absolute Gasteiger partial charge is 0.465 e. The number of hydrogen-bond acceptors (Lipinski definition) is 6. The predicted octanol–water partition coefficient (Wildman–Crippen LogP) is 2.59. The van der Waals surface area contributed by atoms with Crippen molar-refractivity contribution < 1.29 is 28.4 Å². The van der Waals surface area contributed by atoms with E-state index in [1.807, 2.05) is 41.5 Å². The molecule has 6 nitrogen and oxygen atoms in total. The number of ether oxygens (including phenoxy) is 2. The number of benzene rings is 1. The van der Waals surface area contributed by atoms with Crippen molar-refractivity contribution in [3.05, 3.63) is 29.3 Å². The Labute approximate surface area is 155 Å². The van der Waals surface area contributed by atoms with Crippen LogP contribution in [-0.4, -0.2) is 44.0 Å². The van der Waals surface area contributed by atoms with Crippen LogP contribution in [0.3, 0.4) is 0 Å². The summed E-state index contributed by atoms with van der Waals surface area (Å²) in [7, 11) is 0.564. The Kier molecular flexibility index (Phi) is 5.83. The molecule has 0 unspecified atom stereocenters. The van der Waals surface area contributed by atoms with Gasteiger partial charge in [-0.25, -0.2) is 9.59 Å². The third kappa shape index (κ3) is 4.10. The number of methoxy groups -OCH3 is 1. The van der Waals surface area contributed by atoms with Crippen molar-refractivity contribution in [3.8, 4) is 0 Å². The molecule has 0 radical (unpaired) electrons. The molecule has 0 bridgehead atoms. The van der Waals surface area contributed by atoms with E-state index in [2.05, 4.69) is 0 Å². The Balaban J connectivity index is 2.42. The standard InChI is InChI=1S/C19H27BO6/c1-12(2)11-24-17(22)14-10-13(16(21)23-7)8-9-15(14)20-25-18(3,4)19(5,6)26-20/h8-10,12H,11H2,1-7H3. The number of rotatable bonds is 5. The normalized spacial score (nSPS) is 18.1. The van der Waals surface area contributed by atoms with Gasteiger partial charge in [0.1, 0.15) is 0 Å². The second-order valence-corrected chi connectivity index (χ2v) is 7.87. The summed E-state index contributed by atoms with van der Waals surface area (Å²) in [6.07, 6.45) is 0. The van der Waals surface area contributed by atoms with Gasteiger partial charge in [0.05, 0.1) is 36.0 Å². The van der Waals surface area contributed by atoms with E-state index in [1.165, 1.54) is 13.2 Å². The van der Waals surface area contributed by atoms with E-state index in [0.29, 0.717) is 5.46 Å². The van der Waals surface area contributed by atoms with E-state index < -0.39 is 30.3 Å². The van der Waals surface area contributed by atoms with E-state index in [-0.39, 0.29) is 23.7 Å². The lowest BCUT2D eigenvalue weighted by Crippen LogP contribution is -2.41. The second-order valence-electron chi connectivity index (χ2n) is 7.87. The van der Waals surface area contributed by atoms with Crippen LogP contribution < -0.4 is 5.46 Å². The van der Waals surface area contributed by atoms with Crippen LogP contribution in [0.1, 0.15) is 62.3 Å². The first-order valence-corrected chi connectivity index (χ1v) is 8.73. The Hall–Kier alpha value is -1.86. The summed E-state index contributed by atoms with van der Waals surface area (Å²) in [6.45, 7) is 11.9. The maximum atomic E-state index is 12.6. The van der Waals surface area contributed by atoms with E-state index in [1.54, 1.807) is 12.1 Å². The molecular weight excluding hydrogens is 335 g/mol. The first-order valence-electron chi connectivity index (χ1n) is 8.73. The Morgan fingerprint density at radius 1 is 1.08 bits per heavy atom. The highest BCUT2D eigenvalue weighted by molar-refractivity contribution is 6.63. The number of esters is 2. The van der Waals surface area contributed by atoms with Gasteiger partial charge in [-0.1, -0.05) is 19.9 Å². The Bertz CT molecular complexity index is 679. The number of carbonyl (C=O) groups is 2. The third-order valence-electron chi connectivity index (χ3n) is 4.75. The maximum absolute atomic E-state index is 12.6. The van der Waals surface area contributed by atoms with E-state index >= 15 is 0 Å². The minimum atomic E-state index is -0.728. The summed E-state index contributed by atoms with van der Waals surface area (Å²) in [4.78, 5) is 24.5. The molecule has 1 aliphatic rings. The quantitative estimate of drug-likeness (QED) is 0.592. The summed E-state index contributed by atoms with van der Waals surface area (Å²) >= 11 is 0. The van der Waals surface area contributed by atoms with Crippen LogP contribution in [0.5, 0.6) is 0 Å². The molecule has 2 rings (SSSR count). The molecule has 1 fully saturated rings. The van der Waals surface area contributed by atoms with Crippen molar-refractivity contribution in [1.82, 2.24) is 0 Å². The van der Waals surface area contributed by atoms with Crippen LogP contribution in [-0.2, 0) is 18.8 Å². The molecule has 0 atom stereocenters. The van der Waals surface area contributed by atoms with Gasteiger partial charge in [-0.05, 0) is 51.2 Å². The Morgan fingerprint density at radius 2 is 1.65 bits per heavy atom. The summed E-state index contributed by atoms with van der Waals surface area (Å²) in [6, 6.07) is 4.71. The molecule has 1 aliphatic heterocycles. The fourth-order valence-corrected chi connectivity index (χ4v) is 2.47. The van der Waals surface area contributed by atoms with Gasteiger partial charge in [-0.2, -0.15) is 0 Å². The highest BCUT2D eigenvalue weighted by atomic mass is 16.7. The van der Waals surface area contributed by atoms with Gasteiger partial charge in [0, 0.05) is 0 Å². The molecule has 142 valence electrons. The van der Waals surface area contributed by atoms with Gasteiger partial charge in [0.25, 0.3) is 0 Å². The second kappa shape index (κ2) is 7.41. The van der Waals surface area contributed by atoms with Gasteiger partial charge in [0.15, 0.2) is 0 Å². The Morgan fingerprint density at radius 3 is 2.15 bits per heavy atom. The van der Waals surface area contributed by atoms with Gasteiger partial charge in [0.2, 0.25) is 0 Å². The molecule has 1 aromatic carbocycles. The van der Waals surface area contributed by atoms with E-state index in [4.69, 9.17) is 18.8 Å². The predicted molar refractivity (Wildman–Crippen MR) is 98.6 cm³/mol. The molecule has 1 heterocycles. The van der Waals surface area contributed by atoms with Crippen molar-refractivity contribution in [2.75, 3.05) is 13.7 Å². The van der Waals surface area contributed by atoms with E-state index in [0.717, 1.165) is 0 Å². The number of carbonyl (C=O) groups excluding carboxylic acids is 2. The molecule has 0 spiro atoms. The largest absolute Gasteiger partial charge is 0.495 e. The zero-order chi connectivity index (χ0) is 19.7. The van der Waals surface area contributed by atoms with Crippen molar-refractivity contribution >= 4 is 24.5 Å². The zero-order valence-corrected chi connectivity index (χ0v) is 16.5. The summed E-state index contributed by atoms with van der Waals surface area (Å²) in [5, 5.41) is 0. The van der Waals surface area contributed by atoms with Gasteiger partial charge < -0.3 is 18.8 Å². The summed E-state index contributed by atoms with van der Waals surface area (Å²) in [5.74, 6) is -0.847. The average Bonchev–Trinajstić information content (AvgIpc) is 2.79. The monoisotopic (exact) mass is 362 g/mol. The average molecular weight is 362 g/mol. The number of hydrogen-bond donors (Lipinski definition) is 0. The maximum Gasteiger partial charge on any atom is 0.495 e. The molecule has 0 aromatic heterocycles. The van der Waals surface area contributed by atoms with Crippen LogP contribution in [0.25, 0.3) is 0 Å². The molecule has 1 aromatic rings.